The van der Waals surface area contributed by atoms with E-state index in [1.807, 2.05) is 19.1 Å². The Hall–Kier alpha value is -1.36. The molecule has 2 rings (SSSR count). The molecule has 0 aliphatic carbocycles. The zero-order valence-electron chi connectivity index (χ0n) is 10.4. The van der Waals surface area contributed by atoms with Gasteiger partial charge in [0, 0.05) is 11.6 Å². The van der Waals surface area contributed by atoms with E-state index in [1.54, 1.807) is 36.4 Å². The van der Waals surface area contributed by atoms with Crippen LogP contribution in [0, 0.1) is 6.92 Å². The Kier molecular flexibility index (Phi) is 4.24. The van der Waals surface area contributed by atoms with Gasteiger partial charge in [-0.1, -0.05) is 41.9 Å². The summed E-state index contributed by atoms with van der Waals surface area (Å²) in [5, 5.41) is 0.566. The maximum absolute atomic E-state index is 12.1. The normalized spacial score (nSPS) is 11.5. The van der Waals surface area contributed by atoms with Crippen molar-refractivity contribution in [3.05, 3.63) is 64.7 Å². The monoisotopic (exact) mass is 295 g/mol. The summed E-state index contributed by atoms with van der Waals surface area (Å²) in [5.41, 5.74) is 1.76. The Morgan fingerprint density at radius 1 is 1.05 bits per heavy atom. The number of rotatable bonds is 4. The van der Waals surface area contributed by atoms with Crippen LogP contribution >= 0.6 is 11.6 Å². The average molecular weight is 296 g/mol. The Morgan fingerprint density at radius 3 is 2.37 bits per heavy atom. The molecule has 0 unspecified atom stereocenters. The van der Waals surface area contributed by atoms with Crippen molar-refractivity contribution in [1.29, 1.82) is 0 Å². The molecule has 0 saturated heterocycles. The third-order valence-electron chi connectivity index (χ3n) is 2.85. The summed E-state index contributed by atoms with van der Waals surface area (Å²) in [6.45, 7) is 2.08. The smallest absolute Gasteiger partial charge is 0.207 e. The molecule has 0 amide bonds. The number of benzene rings is 2. The van der Waals surface area contributed by atoms with E-state index in [0.29, 0.717) is 5.02 Å². The van der Waals surface area contributed by atoms with Crippen LogP contribution in [0.5, 0.6) is 0 Å². The van der Waals surface area contributed by atoms with E-state index in [1.165, 1.54) is 0 Å². The molecule has 0 atom stereocenters. The molecule has 2 aromatic rings. The van der Waals surface area contributed by atoms with Gasteiger partial charge in [-0.25, -0.2) is 13.1 Å². The summed E-state index contributed by atoms with van der Waals surface area (Å²) in [5.74, 6) is 0. The molecular weight excluding hydrogens is 282 g/mol. The van der Waals surface area contributed by atoms with Gasteiger partial charge >= 0.3 is 0 Å². The van der Waals surface area contributed by atoms with Gasteiger partial charge in [-0.3, -0.25) is 0 Å². The fourth-order valence-electron chi connectivity index (χ4n) is 1.74. The number of hydrogen-bond donors (Lipinski definition) is 1. The van der Waals surface area contributed by atoms with E-state index < -0.39 is 10.0 Å². The van der Waals surface area contributed by atoms with Gasteiger partial charge < -0.3 is 0 Å². The summed E-state index contributed by atoms with van der Waals surface area (Å²) in [4.78, 5) is 0.250. The number of nitrogens with one attached hydrogen (secondary N) is 1. The molecule has 0 aliphatic rings. The lowest BCUT2D eigenvalue weighted by Crippen LogP contribution is -2.23. The molecule has 3 nitrogen and oxygen atoms in total. The van der Waals surface area contributed by atoms with E-state index in [9.17, 15) is 8.42 Å². The molecule has 5 heteroatoms. The van der Waals surface area contributed by atoms with Gasteiger partial charge in [-0.15, -0.1) is 0 Å². The third kappa shape index (κ3) is 3.35. The number of aryl methyl sites for hydroxylation is 1. The lowest BCUT2D eigenvalue weighted by molar-refractivity contribution is 0.581. The van der Waals surface area contributed by atoms with Crippen LogP contribution in [0.15, 0.2) is 53.4 Å². The van der Waals surface area contributed by atoms with Crippen LogP contribution in [0.4, 0.5) is 0 Å². The van der Waals surface area contributed by atoms with Crippen LogP contribution in [-0.4, -0.2) is 8.42 Å². The zero-order chi connectivity index (χ0) is 13.9. The van der Waals surface area contributed by atoms with Gasteiger partial charge in [-0.2, -0.15) is 0 Å². The van der Waals surface area contributed by atoms with Gasteiger partial charge in [0.25, 0.3) is 0 Å². The summed E-state index contributed by atoms with van der Waals surface area (Å²) in [6, 6.07) is 13.8. The fraction of sp³-hybridized carbons (Fsp3) is 0.143. The van der Waals surface area contributed by atoms with Crippen molar-refractivity contribution in [2.45, 2.75) is 18.4 Å². The van der Waals surface area contributed by atoms with Crippen LogP contribution in [-0.2, 0) is 16.6 Å². The summed E-state index contributed by atoms with van der Waals surface area (Å²) < 4.78 is 26.7. The summed E-state index contributed by atoms with van der Waals surface area (Å²) in [7, 11) is -3.50. The zero-order valence-corrected chi connectivity index (χ0v) is 12.0. The lowest BCUT2D eigenvalue weighted by atomic mass is 10.1. The summed E-state index contributed by atoms with van der Waals surface area (Å²) in [6.07, 6.45) is 0. The van der Waals surface area contributed by atoms with Crippen LogP contribution in [0.1, 0.15) is 11.1 Å². The molecule has 1 N–H and O–H groups in total. The number of hydrogen-bond acceptors (Lipinski definition) is 2. The highest BCUT2D eigenvalue weighted by Crippen LogP contribution is 2.20. The minimum atomic E-state index is -3.50. The van der Waals surface area contributed by atoms with Gasteiger partial charge in [0.05, 0.1) is 4.90 Å². The largest absolute Gasteiger partial charge is 0.240 e. The third-order valence-corrected chi connectivity index (χ3v) is 4.62. The molecule has 19 heavy (non-hydrogen) atoms. The van der Waals surface area contributed by atoms with Crippen molar-refractivity contribution in [2.75, 3.05) is 0 Å². The number of halogens is 1. The second kappa shape index (κ2) is 5.74. The summed E-state index contributed by atoms with van der Waals surface area (Å²) >= 11 is 6.07. The van der Waals surface area contributed by atoms with E-state index in [-0.39, 0.29) is 11.4 Å². The molecule has 0 spiro atoms. The van der Waals surface area contributed by atoms with Gasteiger partial charge in [-0.05, 0) is 36.2 Å². The molecule has 0 radical (unpaired) electrons. The molecule has 2 aromatic carbocycles. The van der Waals surface area contributed by atoms with Crippen molar-refractivity contribution in [1.82, 2.24) is 4.72 Å². The predicted molar refractivity (Wildman–Crippen MR) is 76.7 cm³/mol. The molecule has 100 valence electrons. The second-order valence-electron chi connectivity index (χ2n) is 4.17. The Balaban J connectivity index is 2.19. The highest BCUT2D eigenvalue weighted by molar-refractivity contribution is 7.89. The van der Waals surface area contributed by atoms with Crippen molar-refractivity contribution >= 4 is 21.6 Å². The van der Waals surface area contributed by atoms with Crippen LogP contribution in [0.3, 0.4) is 0 Å². The van der Waals surface area contributed by atoms with Gasteiger partial charge in [0.1, 0.15) is 0 Å². The SMILES string of the molecule is Cc1cccc(Cl)c1CNS(=O)(=O)c1ccccc1. The number of sulfonamides is 1. The highest BCUT2D eigenvalue weighted by atomic mass is 35.5. The highest BCUT2D eigenvalue weighted by Gasteiger charge is 2.14. The minimum Gasteiger partial charge on any atom is -0.207 e. The minimum absolute atomic E-state index is 0.183. The maximum Gasteiger partial charge on any atom is 0.240 e. The van der Waals surface area contributed by atoms with Crippen LogP contribution < -0.4 is 4.72 Å². The molecule has 0 fully saturated rings. The van der Waals surface area contributed by atoms with Crippen molar-refractivity contribution in [3.8, 4) is 0 Å². The van der Waals surface area contributed by atoms with Gasteiger partial charge in [0.2, 0.25) is 10.0 Å². The maximum atomic E-state index is 12.1. The molecule has 0 heterocycles. The standard InChI is InChI=1S/C14H14ClNO2S/c1-11-6-5-9-14(15)13(11)10-16-19(17,18)12-7-3-2-4-8-12/h2-9,16H,10H2,1H3. The van der Waals surface area contributed by atoms with Crippen molar-refractivity contribution < 1.29 is 8.42 Å². The second-order valence-corrected chi connectivity index (χ2v) is 6.35. The lowest BCUT2D eigenvalue weighted by Gasteiger charge is -2.10. The van der Waals surface area contributed by atoms with Crippen molar-refractivity contribution in [3.63, 3.8) is 0 Å². The Bertz CT molecular complexity index is 649. The first-order valence-electron chi connectivity index (χ1n) is 5.79. The predicted octanol–water partition coefficient (Wildman–Crippen LogP) is 3.13. The van der Waals surface area contributed by atoms with E-state index in [2.05, 4.69) is 4.72 Å². The van der Waals surface area contributed by atoms with E-state index in [0.717, 1.165) is 11.1 Å². The van der Waals surface area contributed by atoms with Crippen LogP contribution in [0.25, 0.3) is 0 Å². The van der Waals surface area contributed by atoms with E-state index in [4.69, 9.17) is 11.6 Å². The average Bonchev–Trinajstić information content (AvgIpc) is 2.39. The van der Waals surface area contributed by atoms with E-state index >= 15 is 0 Å². The first-order chi connectivity index (χ1) is 9.00. The Morgan fingerprint density at radius 2 is 1.74 bits per heavy atom. The van der Waals surface area contributed by atoms with Crippen molar-refractivity contribution in [2.24, 2.45) is 0 Å². The molecular formula is C14H14ClNO2S. The first kappa shape index (κ1) is 14.1. The topological polar surface area (TPSA) is 46.2 Å². The molecule has 0 bridgehead atoms. The fourth-order valence-corrected chi connectivity index (χ4v) is 3.05. The van der Waals surface area contributed by atoms with Gasteiger partial charge in [0.15, 0.2) is 0 Å². The molecule has 0 aliphatic heterocycles. The first-order valence-corrected chi connectivity index (χ1v) is 7.65. The van der Waals surface area contributed by atoms with Crippen LogP contribution in [0.2, 0.25) is 5.02 Å². The molecule has 0 saturated carbocycles. The molecule has 0 aromatic heterocycles. The Labute approximate surface area is 118 Å². The quantitative estimate of drug-likeness (QED) is 0.942.